The van der Waals surface area contributed by atoms with Crippen molar-refractivity contribution in [3.63, 3.8) is 0 Å². The molecule has 2 aromatic rings. The highest BCUT2D eigenvalue weighted by Gasteiger charge is 2.20. The molecule has 4 nitrogen and oxygen atoms in total. The molecule has 0 aliphatic heterocycles. The van der Waals surface area contributed by atoms with Crippen LogP contribution in [0, 0.1) is 15.9 Å². The molecule has 0 aliphatic rings. The van der Waals surface area contributed by atoms with Crippen LogP contribution in [0.4, 0.5) is 10.1 Å². The molecule has 19 heavy (non-hydrogen) atoms. The van der Waals surface area contributed by atoms with Crippen molar-refractivity contribution in [3.05, 3.63) is 61.8 Å². The van der Waals surface area contributed by atoms with Crippen molar-refractivity contribution in [2.45, 2.75) is 0 Å². The van der Waals surface area contributed by atoms with Gasteiger partial charge in [-0.25, -0.2) is 4.39 Å². The zero-order chi connectivity index (χ0) is 14.0. The fourth-order valence-electron chi connectivity index (χ4n) is 1.43. The molecule has 98 valence electrons. The molecule has 0 amide bonds. The largest absolute Gasteiger partial charge is 0.449 e. The van der Waals surface area contributed by atoms with Crippen LogP contribution in [-0.2, 0) is 0 Å². The number of para-hydroxylation sites is 1. The average molecular weight is 347 g/mol. The molecule has 0 fully saturated rings. The molecule has 0 spiro atoms. The van der Waals surface area contributed by atoms with Gasteiger partial charge in [-0.15, -0.1) is 0 Å². The van der Waals surface area contributed by atoms with Gasteiger partial charge in [-0.05, 0) is 46.3 Å². The van der Waals surface area contributed by atoms with Gasteiger partial charge in [-0.2, -0.15) is 0 Å². The third kappa shape index (κ3) is 3.02. The Morgan fingerprint density at radius 2 is 2.00 bits per heavy atom. The highest BCUT2D eigenvalue weighted by Crippen LogP contribution is 2.39. The minimum absolute atomic E-state index is 0.00944. The Bertz CT molecular complexity index is 651. The summed E-state index contributed by atoms with van der Waals surface area (Å²) in [6.07, 6.45) is 0. The van der Waals surface area contributed by atoms with Crippen LogP contribution in [0.15, 0.2) is 40.9 Å². The molecule has 0 atom stereocenters. The van der Waals surface area contributed by atoms with E-state index in [0.29, 0.717) is 4.47 Å². The van der Waals surface area contributed by atoms with Gasteiger partial charge >= 0.3 is 5.69 Å². The number of hydrogen-bond donors (Lipinski definition) is 0. The van der Waals surface area contributed by atoms with Crippen LogP contribution in [0.3, 0.4) is 0 Å². The minimum atomic E-state index is -0.630. The van der Waals surface area contributed by atoms with Crippen LogP contribution in [0.5, 0.6) is 11.5 Å². The number of nitro groups is 1. The first kappa shape index (κ1) is 13.8. The highest BCUT2D eigenvalue weighted by molar-refractivity contribution is 9.10. The molecule has 0 radical (unpaired) electrons. The number of nitro benzene ring substituents is 1. The average Bonchev–Trinajstić information content (AvgIpc) is 2.32. The second-order valence-electron chi connectivity index (χ2n) is 3.52. The highest BCUT2D eigenvalue weighted by atomic mass is 79.9. The Kier molecular flexibility index (Phi) is 4.01. The predicted molar refractivity (Wildman–Crippen MR) is 72.3 cm³/mol. The maximum absolute atomic E-state index is 12.9. The number of rotatable bonds is 3. The molecule has 2 rings (SSSR count). The number of hydrogen-bond acceptors (Lipinski definition) is 3. The van der Waals surface area contributed by atoms with Gasteiger partial charge in [-0.1, -0.05) is 17.7 Å². The van der Waals surface area contributed by atoms with Gasteiger partial charge in [0, 0.05) is 0 Å². The van der Waals surface area contributed by atoms with Gasteiger partial charge in [0.25, 0.3) is 0 Å². The van der Waals surface area contributed by atoms with E-state index in [0.717, 1.165) is 0 Å². The van der Waals surface area contributed by atoms with E-state index < -0.39 is 10.7 Å². The third-order valence-corrected chi connectivity index (χ3v) is 3.17. The number of halogens is 3. The van der Waals surface area contributed by atoms with E-state index in [9.17, 15) is 14.5 Å². The van der Waals surface area contributed by atoms with Crippen molar-refractivity contribution >= 4 is 33.2 Å². The lowest BCUT2D eigenvalue weighted by atomic mass is 10.3. The van der Waals surface area contributed by atoms with Crippen molar-refractivity contribution in [1.29, 1.82) is 0 Å². The van der Waals surface area contributed by atoms with E-state index in [1.54, 1.807) is 0 Å². The van der Waals surface area contributed by atoms with Crippen molar-refractivity contribution < 1.29 is 14.1 Å². The maximum atomic E-state index is 12.9. The molecule has 2 aromatic carbocycles. The second-order valence-corrected chi connectivity index (χ2v) is 4.78. The quantitative estimate of drug-likeness (QED) is 0.584. The maximum Gasteiger partial charge on any atom is 0.329 e. The summed E-state index contributed by atoms with van der Waals surface area (Å²) in [6.45, 7) is 0. The summed E-state index contributed by atoms with van der Waals surface area (Å²) in [7, 11) is 0. The van der Waals surface area contributed by atoms with Gasteiger partial charge in [0.1, 0.15) is 16.6 Å². The van der Waals surface area contributed by atoms with E-state index in [-0.39, 0.29) is 22.2 Å². The smallest absolute Gasteiger partial charge is 0.329 e. The van der Waals surface area contributed by atoms with E-state index in [2.05, 4.69) is 15.9 Å². The van der Waals surface area contributed by atoms with Crippen LogP contribution in [0.1, 0.15) is 0 Å². The van der Waals surface area contributed by atoms with Crippen molar-refractivity contribution in [3.8, 4) is 11.5 Å². The van der Waals surface area contributed by atoms with Crippen LogP contribution >= 0.6 is 27.5 Å². The zero-order valence-electron chi connectivity index (χ0n) is 9.27. The molecule has 0 aliphatic carbocycles. The first-order chi connectivity index (χ1) is 8.99. The Hall–Kier alpha value is -1.66. The van der Waals surface area contributed by atoms with Crippen LogP contribution in [0.25, 0.3) is 0 Å². The van der Waals surface area contributed by atoms with Crippen LogP contribution < -0.4 is 4.74 Å². The van der Waals surface area contributed by atoms with Crippen LogP contribution in [0.2, 0.25) is 5.02 Å². The fourth-order valence-corrected chi connectivity index (χ4v) is 2.10. The third-order valence-electron chi connectivity index (χ3n) is 2.25. The molecule has 0 heterocycles. The normalized spacial score (nSPS) is 10.3. The minimum Gasteiger partial charge on any atom is -0.449 e. The number of benzene rings is 2. The summed E-state index contributed by atoms with van der Waals surface area (Å²) < 4.78 is 18.7. The standard InChI is InChI=1S/C12H6BrClFNO3/c13-8-6-7(15)4-5-10(8)19-11-3-1-2-9(14)12(11)16(17)18/h1-6H. The van der Waals surface area contributed by atoms with Crippen molar-refractivity contribution in [1.82, 2.24) is 0 Å². The summed E-state index contributed by atoms with van der Waals surface area (Å²) in [6, 6.07) is 8.10. The lowest BCUT2D eigenvalue weighted by Gasteiger charge is -2.08. The first-order valence-corrected chi connectivity index (χ1v) is 6.22. The lowest BCUT2D eigenvalue weighted by Crippen LogP contribution is -1.95. The van der Waals surface area contributed by atoms with E-state index in [1.807, 2.05) is 0 Å². The van der Waals surface area contributed by atoms with Crippen LogP contribution in [-0.4, -0.2) is 4.92 Å². The fraction of sp³-hybridized carbons (Fsp3) is 0. The SMILES string of the molecule is O=[N+]([O-])c1c(Cl)cccc1Oc1ccc(F)cc1Br. The molecule has 0 unspecified atom stereocenters. The molecule has 0 aromatic heterocycles. The first-order valence-electron chi connectivity index (χ1n) is 5.05. The van der Waals surface area contributed by atoms with Gasteiger partial charge in [-0.3, -0.25) is 10.1 Å². The van der Waals surface area contributed by atoms with Gasteiger partial charge in [0.2, 0.25) is 5.75 Å². The molecular weight excluding hydrogens is 340 g/mol. The second kappa shape index (κ2) is 5.54. The van der Waals surface area contributed by atoms with E-state index in [4.69, 9.17) is 16.3 Å². The Labute approximate surface area is 121 Å². The Morgan fingerprint density at radius 3 is 2.63 bits per heavy atom. The van der Waals surface area contributed by atoms with Crippen molar-refractivity contribution in [2.75, 3.05) is 0 Å². The molecule has 0 saturated carbocycles. The summed E-state index contributed by atoms with van der Waals surface area (Å²) in [4.78, 5) is 10.3. The van der Waals surface area contributed by atoms with Gasteiger partial charge in [0.05, 0.1) is 9.40 Å². The molecule has 0 bridgehead atoms. The van der Waals surface area contributed by atoms with Gasteiger partial charge in [0.15, 0.2) is 0 Å². The molecule has 7 heteroatoms. The Balaban J connectivity index is 2.44. The number of ether oxygens (including phenoxy) is 1. The van der Waals surface area contributed by atoms with E-state index in [1.165, 1.54) is 36.4 Å². The molecular formula is C12H6BrClFNO3. The zero-order valence-corrected chi connectivity index (χ0v) is 11.6. The molecule has 0 N–H and O–H groups in total. The topological polar surface area (TPSA) is 52.4 Å². The van der Waals surface area contributed by atoms with Gasteiger partial charge < -0.3 is 4.74 Å². The summed E-state index contributed by atoms with van der Waals surface area (Å²) in [5.74, 6) is -0.198. The summed E-state index contributed by atoms with van der Waals surface area (Å²) >= 11 is 8.88. The summed E-state index contributed by atoms with van der Waals surface area (Å²) in [5.41, 5.74) is -0.333. The number of nitrogens with zero attached hydrogens (tertiary/aromatic N) is 1. The van der Waals surface area contributed by atoms with E-state index >= 15 is 0 Å². The Morgan fingerprint density at radius 1 is 1.26 bits per heavy atom. The van der Waals surface area contributed by atoms with Crippen molar-refractivity contribution in [2.24, 2.45) is 0 Å². The lowest BCUT2D eigenvalue weighted by molar-refractivity contribution is -0.385. The monoisotopic (exact) mass is 345 g/mol. The summed E-state index contributed by atoms with van der Waals surface area (Å²) in [5, 5.41) is 10.9. The predicted octanol–water partition coefficient (Wildman–Crippen LogP) is 4.94. The molecule has 0 saturated heterocycles.